The van der Waals surface area contributed by atoms with Gasteiger partial charge < -0.3 is 15.8 Å². The molecule has 0 unspecified atom stereocenters. The molecule has 0 aliphatic carbocycles. The summed E-state index contributed by atoms with van der Waals surface area (Å²) in [7, 11) is 0. The molecule has 2 rings (SSSR count). The monoisotopic (exact) mass is 349 g/mol. The fourth-order valence-electron chi connectivity index (χ4n) is 1.78. The number of carbonyl (C=O) groups is 2. The molecular weight excluding hydrogens is 338 g/mol. The largest absolute Gasteiger partial charge is 0.482 e. The fourth-order valence-corrected chi connectivity index (χ4v) is 2.01. The molecule has 2 amide bonds. The number of amides is 2. The Morgan fingerprint density at radius 2 is 1.88 bits per heavy atom. The van der Waals surface area contributed by atoms with E-state index in [0.29, 0.717) is 11.3 Å². The Bertz CT molecular complexity index is 792. The summed E-state index contributed by atoms with van der Waals surface area (Å²) < 4.78 is 5.23. The molecule has 24 heavy (non-hydrogen) atoms. The summed E-state index contributed by atoms with van der Waals surface area (Å²) in [6.07, 6.45) is 0. The van der Waals surface area contributed by atoms with E-state index in [1.165, 1.54) is 36.4 Å². The first-order valence-corrected chi connectivity index (χ1v) is 7.01. The molecular formula is C15H12ClN3O5. The van der Waals surface area contributed by atoms with Crippen molar-refractivity contribution in [2.45, 2.75) is 0 Å². The molecule has 0 saturated carbocycles. The molecule has 0 heterocycles. The predicted molar refractivity (Wildman–Crippen MR) is 87.2 cm³/mol. The third-order valence-corrected chi connectivity index (χ3v) is 3.23. The van der Waals surface area contributed by atoms with Gasteiger partial charge in [0.1, 0.15) is 5.75 Å². The normalized spacial score (nSPS) is 10.0. The second kappa shape index (κ2) is 7.42. The molecule has 0 atom stereocenters. The maximum atomic E-state index is 11.8. The van der Waals surface area contributed by atoms with Gasteiger partial charge in [-0.3, -0.25) is 19.7 Å². The number of anilines is 1. The lowest BCUT2D eigenvalue weighted by molar-refractivity contribution is -0.384. The van der Waals surface area contributed by atoms with Crippen LogP contribution in [0.2, 0.25) is 5.02 Å². The average Bonchev–Trinajstić information content (AvgIpc) is 2.54. The van der Waals surface area contributed by atoms with Crippen molar-refractivity contribution in [1.29, 1.82) is 0 Å². The SMILES string of the molecule is NC(=O)c1ccc(NC(=O)COc2ccc([N+](=O)[O-])cc2Cl)cc1. The lowest BCUT2D eigenvalue weighted by atomic mass is 10.2. The molecule has 0 aliphatic rings. The van der Waals surface area contributed by atoms with Crippen molar-refractivity contribution in [3.8, 4) is 5.75 Å². The van der Waals surface area contributed by atoms with Gasteiger partial charge in [-0.15, -0.1) is 0 Å². The predicted octanol–water partition coefficient (Wildman–Crippen LogP) is 2.36. The minimum absolute atomic E-state index is 0.0304. The summed E-state index contributed by atoms with van der Waals surface area (Å²) in [5.41, 5.74) is 5.73. The number of ether oxygens (including phenoxy) is 1. The Labute approximate surface area is 141 Å². The van der Waals surface area contributed by atoms with Crippen molar-refractivity contribution in [3.63, 3.8) is 0 Å². The number of halogens is 1. The van der Waals surface area contributed by atoms with E-state index in [1.54, 1.807) is 0 Å². The van der Waals surface area contributed by atoms with Gasteiger partial charge in [-0.05, 0) is 30.3 Å². The van der Waals surface area contributed by atoms with Crippen LogP contribution in [-0.4, -0.2) is 23.3 Å². The number of rotatable bonds is 6. The van der Waals surface area contributed by atoms with Crippen LogP contribution in [0, 0.1) is 10.1 Å². The average molecular weight is 350 g/mol. The molecule has 0 spiro atoms. The van der Waals surface area contributed by atoms with Gasteiger partial charge in [0, 0.05) is 23.4 Å². The summed E-state index contributed by atoms with van der Waals surface area (Å²) in [6.45, 7) is -0.338. The lowest BCUT2D eigenvalue weighted by Crippen LogP contribution is -2.20. The van der Waals surface area contributed by atoms with Crippen molar-refractivity contribution >= 4 is 34.8 Å². The number of nitrogens with zero attached hydrogens (tertiary/aromatic N) is 1. The summed E-state index contributed by atoms with van der Waals surface area (Å²) >= 11 is 5.86. The van der Waals surface area contributed by atoms with Crippen molar-refractivity contribution in [2.24, 2.45) is 5.73 Å². The van der Waals surface area contributed by atoms with Gasteiger partial charge in [0.25, 0.3) is 11.6 Å². The highest BCUT2D eigenvalue weighted by molar-refractivity contribution is 6.32. The van der Waals surface area contributed by atoms with E-state index in [4.69, 9.17) is 22.1 Å². The molecule has 124 valence electrons. The van der Waals surface area contributed by atoms with Gasteiger partial charge in [0.2, 0.25) is 5.91 Å². The van der Waals surface area contributed by atoms with E-state index in [2.05, 4.69) is 5.32 Å². The van der Waals surface area contributed by atoms with Crippen molar-refractivity contribution in [3.05, 3.63) is 63.2 Å². The molecule has 0 fully saturated rings. The van der Waals surface area contributed by atoms with Crippen LogP contribution < -0.4 is 15.8 Å². The van der Waals surface area contributed by atoms with Gasteiger partial charge in [0.05, 0.1) is 9.95 Å². The molecule has 0 aromatic heterocycles. The Balaban J connectivity index is 1.93. The molecule has 0 saturated heterocycles. The zero-order chi connectivity index (χ0) is 17.7. The Morgan fingerprint density at radius 1 is 1.21 bits per heavy atom. The molecule has 3 N–H and O–H groups in total. The standard InChI is InChI=1S/C15H12ClN3O5/c16-12-7-11(19(22)23)5-6-13(12)24-8-14(20)18-10-3-1-9(2-4-10)15(17)21/h1-7H,8H2,(H2,17,21)(H,18,20). The van der Waals surface area contributed by atoms with Gasteiger partial charge in [0.15, 0.2) is 6.61 Å². The minimum atomic E-state index is -0.585. The van der Waals surface area contributed by atoms with Crippen molar-refractivity contribution in [2.75, 3.05) is 11.9 Å². The summed E-state index contributed by atoms with van der Waals surface area (Å²) in [4.78, 5) is 32.8. The maximum absolute atomic E-state index is 11.8. The number of nitro benzene ring substituents is 1. The van der Waals surface area contributed by atoms with Gasteiger partial charge in [-0.1, -0.05) is 11.6 Å². The number of benzene rings is 2. The molecule has 8 nitrogen and oxygen atoms in total. The number of non-ortho nitro benzene ring substituents is 1. The van der Waals surface area contributed by atoms with Gasteiger partial charge >= 0.3 is 0 Å². The van der Waals surface area contributed by atoms with E-state index in [9.17, 15) is 19.7 Å². The van der Waals surface area contributed by atoms with Gasteiger partial charge in [-0.2, -0.15) is 0 Å². The maximum Gasteiger partial charge on any atom is 0.271 e. The first-order chi connectivity index (χ1) is 11.4. The topological polar surface area (TPSA) is 125 Å². The molecule has 2 aromatic rings. The highest BCUT2D eigenvalue weighted by Crippen LogP contribution is 2.28. The van der Waals surface area contributed by atoms with Crippen LogP contribution >= 0.6 is 11.6 Å². The number of nitrogens with two attached hydrogens (primary N) is 1. The molecule has 2 aromatic carbocycles. The van der Waals surface area contributed by atoms with Crippen LogP contribution in [-0.2, 0) is 4.79 Å². The molecule has 0 aliphatic heterocycles. The second-order valence-corrected chi connectivity index (χ2v) is 5.06. The van der Waals surface area contributed by atoms with E-state index in [-0.39, 0.29) is 23.1 Å². The lowest BCUT2D eigenvalue weighted by Gasteiger charge is -2.09. The van der Waals surface area contributed by atoms with Gasteiger partial charge in [-0.25, -0.2) is 0 Å². The van der Waals surface area contributed by atoms with Crippen LogP contribution in [0.5, 0.6) is 5.75 Å². The number of hydrogen-bond acceptors (Lipinski definition) is 5. The number of carbonyl (C=O) groups excluding carboxylic acids is 2. The Kier molecular flexibility index (Phi) is 5.33. The van der Waals surface area contributed by atoms with Crippen molar-refractivity contribution in [1.82, 2.24) is 0 Å². The Hall–Kier alpha value is -3.13. The smallest absolute Gasteiger partial charge is 0.271 e. The highest BCUT2D eigenvalue weighted by atomic mass is 35.5. The molecule has 0 bridgehead atoms. The number of hydrogen-bond donors (Lipinski definition) is 2. The minimum Gasteiger partial charge on any atom is -0.482 e. The molecule has 0 radical (unpaired) electrons. The van der Waals surface area contributed by atoms with Crippen molar-refractivity contribution < 1.29 is 19.2 Å². The van der Waals surface area contributed by atoms with E-state index in [0.717, 1.165) is 6.07 Å². The third kappa shape index (κ3) is 4.43. The van der Waals surface area contributed by atoms with E-state index < -0.39 is 16.7 Å². The first-order valence-electron chi connectivity index (χ1n) is 6.63. The van der Waals surface area contributed by atoms with Crippen LogP contribution in [0.3, 0.4) is 0 Å². The van der Waals surface area contributed by atoms with E-state index >= 15 is 0 Å². The first kappa shape index (κ1) is 17.2. The van der Waals surface area contributed by atoms with Crippen LogP contribution in [0.1, 0.15) is 10.4 Å². The Morgan fingerprint density at radius 3 is 2.42 bits per heavy atom. The summed E-state index contributed by atoms with van der Waals surface area (Å²) in [5, 5.41) is 13.2. The zero-order valence-corrected chi connectivity index (χ0v) is 12.9. The summed E-state index contributed by atoms with van der Waals surface area (Å²) in [5.74, 6) is -0.873. The fraction of sp³-hybridized carbons (Fsp3) is 0.0667. The number of nitrogens with one attached hydrogen (secondary N) is 1. The highest BCUT2D eigenvalue weighted by Gasteiger charge is 2.12. The second-order valence-electron chi connectivity index (χ2n) is 4.65. The zero-order valence-electron chi connectivity index (χ0n) is 12.2. The summed E-state index contributed by atoms with van der Waals surface area (Å²) in [6, 6.07) is 9.68. The van der Waals surface area contributed by atoms with Crippen LogP contribution in [0.25, 0.3) is 0 Å². The quantitative estimate of drug-likeness (QED) is 0.611. The van der Waals surface area contributed by atoms with Crippen LogP contribution in [0.4, 0.5) is 11.4 Å². The molecule has 9 heteroatoms. The van der Waals surface area contributed by atoms with E-state index in [1.807, 2.05) is 0 Å². The van der Waals surface area contributed by atoms with Crippen LogP contribution in [0.15, 0.2) is 42.5 Å². The third-order valence-electron chi connectivity index (χ3n) is 2.94. The number of nitro groups is 1. The number of primary amides is 1.